The molecular weight excluding hydrogens is 450 g/mol. The Bertz CT molecular complexity index is 1270. The number of hydrogen-bond acceptors (Lipinski definition) is 8. The first-order chi connectivity index (χ1) is 16.7. The molecule has 3 heterocycles. The number of methoxy groups -OCH3 is 1. The first-order valence-corrected chi connectivity index (χ1v) is 11.9. The zero-order valence-corrected chi connectivity index (χ0v) is 19.6. The molecule has 0 saturated carbocycles. The Kier molecular flexibility index (Phi) is 6.66. The van der Waals surface area contributed by atoms with Crippen LogP contribution in [0, 0.1) is 0 Å². The summed E-state index contributed by atoms with van der Waals surface area (Å²) in [5, 5.41) is 2.97. The summed E-state index contributed by atoms with van der Waals surface area (Å²) in [6.45, 7) is 3.74. The maximum absolute atomic E-state index is 12.8. The molecule has 0 spiro atoms. The number of benzene rings is 2. The van der Waals surface area contributed by atoms with Crippen molar-refractivity contribution >= 4 is 33.3 Å². The van der Waals surface area contributed by atoms with Crippen molar-refractivity contribution in [2.24, 2.45) is 0 Å². The summed E-state index contributed by atoms with van der Waals surface area (Å²) in [5.41, 5.74) is 8.48. The minimum Gasteiger partial charge on any atom is -0.497 e. The van der Waals surface area contributed by atoms with E-state index in [1.165, 1.54) is 0 Å². The molecule has 1 saturated heterocycles. The molecule has 0 radical (unpaired) electrons. The second-order valence-corrected chi connectivity index (χ2v) is 8.74. The lowest BCUT2D eigenvalue weighted by atomic mass is 10.1. The summed E-state index contributed by atoms with van der Waals surface area (Å²) >= 11 is 1.57. The summed E-state index contributed by atoms with van der Waals surface area (Å²) in [7, 11) is 1.59. The second kappa shape index (κ2) is 10.2. The van der Waals surface area contributed by atoms with Crippen molar-refractivity contribution < 1.29 is 14.3 Å². The van der Waals surface area contributed by atoms with E-state index in [4.69, 9.17) is 19.4 Å². The molecule has 4 aromatic rings. The largest absolute Gasteiger partial charge is 0.497 e. The van der Waals surface area contributed by atoms with Crippen molar-refractivity contribution in [2.75, 3.05) is 38.8 Å². The Morgan fingerprint density at radius 1 is 1.09 bits per heavy atom. The van der Waals surface area contributed by atoms with Gasteiger partial charge >= 0.3 is 0 Å². The fourth-order valence-electron chi connectivity index (χ4n) is 3.87. The number of thiophene rings is 1. The lowest BCUT2D eigenvalue weighted by Gasteiger charge is -2.25. The Labute approximate surface area is 201 Å². The lowest BCUT2D eigenvalue weighted by Crippen LogP contribution is -2.36. The van der Waals surface area contributed by atoms with Crippen LogP contribution in [0.3, 0.4) is 0 Å². The summed E-state index contributed by atoms with van der Waals surface area (Å²) in [6.07, 6.45) is 0. The minimum atomic E-state index is -0.263. The van der Waals surface area contributed by atoms with Gasteiger partial charge in [-0.3, -0.25) is 20.5 Å². The summed E-state index contributed by atoms with van der Waals surface area (Å²) in [5.74, 6) is 1.72. The summed E-state index contributed by atoms with van der Waals surface area (Å²) in [6, 6.07) is 17.1. The number of carbonyl (C=O) groups excluding carboxylic acids is 1. The van der Waals surface area contributed by atoms with Crippen LogP contribution in [0.25, 0.3) is 21.3 Å². The van der Waals surface area contributed by atoms with Crippen molar-refractivity contribution in [1.29, 1.82) is 0 Å². The van der Waals surface area contributed by atoms with Gasteiger partial charge in [0.1, 0.15) is 16.4 Å². The van der Waals surface area contributed by atoms with E-state index < -0.39 is 0 Å². The van der Waals surface area contributed by atoms with E-state index in [9.17, 15) is 4.79 Å². The zero-order valence-electron chi connectivity index (χ0n) is 18.8. The average Bonchev–Trinajstić information content (AvgIpc) is 3.32. The van der Waals surface area contributed by atoms with Gasteiger partial charge in [-0.25, -0.2) is 9.97 Å². The van der Waals surface area contributed by atoms with Gasteiger partial charge in [0.25, 0.3) is 5.91 Å². The molecule has 1 fully saturated rings. The molecule has 0 aliphatic carbocycles. The fraction of sp³-hybridized carbons (Fsp3) is 0.240. The van der Waals surface area contributed by atoms with Crippen LogP contribution in [0.4, 0.5) is 5.82 Å². The molecule has 34 heavy (non-hydrogen) atoms. The monoisotopic (exact) mass is 475 g/mol. The van der Waals surface area contributed by atoms with Crippen molar-refractivity contribution in [1.82, 2.24) is 20.3 Å². The standard InChI is InChI=1S/C25H25N5O3S/c1-32-19-9-7-18(8-10-19)24(31)29-28-23-22-20(17-5-3-2-4-6-17)16-34-25(22)27-21(26-23)15-30-11-13-33-14-12-30/h2-10,16H,11-15H2,1H3,(H,29,31)(H,26,27,28). The maximum Gasteiger partial charge on any atom is 0.269 e. The van der Waals surface area contributed by atoms with E-state index in [0.717, 1.165) is 34.4 Å². The van der Waals surface area contributed by atoms with Gasteiger partial charge in [-0.1, -0.05) is 30.3 Å². The third kappa shape index (κ3) is 4.86. The van der Waals surface area contributed by atoms with Crippen LogP contribution in [-0.2, 0) is 11.3 Å². The SMILES string of the molecule is COc1ccc(C(=O)NNc2nc(CN3CCOCC3)nc3scc(-c4ccccc4)c23)cc1. The van der Waals surface area contributed by atoms with Gasteiger partial charge in [-0.05, 0) is 29.8 Å². The topological polar surface area (TPSA) is 88.6 Å². The fourth-order valence-corrected chi connectivity index (χ4v) is 4.83. The van der Waals surface area contributed by atoms with Crippen molar-refractivity contribution in [3.63, 3.8) is 0 Å². The Morgan fingerprint density at radius 3 is 2.59 bits per heavy atom. The zero-order chi connectivity index (χ0) is 23.3. The van der Waals surface area contributed by atoms with E-state index in [-0.39, 0.29) is 5.91 Å². The third-order valence-corrected chi connectivity index (χ3v) is 6.55. The highest BCUT2D eigenvalue weighted by Gasteiger charge is 2.19. The van der Waals surface area contributed by atoms with Gasteiger partial charge in [0.2, 0.25) is 0 Å². The van der Waals surface area contributed by atoms with Crippen molar-refractivity contribution in [3.05, 3.63) is 71.4 Å². The Hall–Kier alpha value is -3.53. The predicted octanol–water partition coefficient (Wildman–Crippen LogP) is 3.96. The van der Waals surface area contributed by atoms with Gasteiger partial charge in [-0.15, -0.1) is 11.3 Å². The molecule has 1 amide bonds. The van der Waals surface area contributed by atoms with Crippen LogP contribution in [0.2, 0.25) is 0 Å². The molecule has 2 N–H and O–H groups in total. The lowest BCUT2D eigenvalue weighted by molar-refractivity contribution is 0.0331. The number of ether oxygens (including phenoxy) is 2. The number of carbonyl (C=O) groups is 1. The van der Waals surface area contributed by atoms with E-state index >= 15 is 0 Å². The number of amides is 1. The Balaban J connectivity index is 1.46. The number of hydrazine groups is 1. The number of aromatic nitrogens is 2. The van der Waals surface area contributed by atoms with Gasteiger partial charge in [0, 0.05) is 29.6 Å². The predicted molar refractivity (Wildman–Crippen MR) is 133 cm³/mol. The highest BCUT2D eigenvalue weighted by Crippen LogP contribution is 2.36. The van der Waals surface area contributed by atoms with Gasteiger partial charge in [0.15, 0.2) is 5.82 Å². The molecule has 2 aromatic heterocycles. The Morgan fingerprint density at radius 2 is 1.85 bits per heavy atom. The van der Waals surface area contributed by atoms with E-state index in [1.54, 1.807) is 42.7 Å². The number of hydrogen-bond donors (Lipinski definition) is 2. The molecule has 2 aromatic carbocycles. The van der Waals surface area contributed by atoms with Crippen LogP contribution >= 0.6 is 11.3 Å². The number of morpholine rings is 1. The van der Waals surface area contributed by atoms with E-state index in [1.807, 2.05) is 18.2 Å². The summed E-state index contributed by atoms with van der Waals surface area (Å²) in [4.78, 5) is 25.6. The van der Waals surface area contributed by atoms with Gasteiger partial charge in [0.05, 0.1) is 32.3 Å². The molecule has 1 aliphatic heterocycles. The van der Waals surface area contributed by atoms with Crippen LogP contribution in [0.5, 0.6) is 5.75 Å². The third-order valence-electron chi connectivity index (χ3n) is 5.68. The van der Waals surface area contributed by atoms with Gasteiger partial charge < -0.3 is 9.47 Å². The number of anilines is 1. The number of fused-ring (bicyclic) bond motifs is 1. The molecule has 0 bridgehead atoms. The average molecular weight is 476 g/mol. The highest BCUT2D eigenvalue weighted by atomic mass is 32.1. The van der Waals surface area contributed by atoms with Crippen LogP contribution in [-0.4, -0.2) is 54.2 Å². The number of rotatable bonds is 7. The van der Waals surface area contributed by atoms with Crippen molar-refractivity contribution in [2.45, 2.75) is 6.54 Å². The smallest absolute Gasteiger partial charge is 0.269 e. The molecule has 9 heteroatoms. The quantitative estimate of drug-likeness (QED) is 0.391. The molecule has 0 unspecified atom stereocenters. The van der Waals surface area contributed by atoms with Crippen molar-refractivity contribution in [3.8, 4) is 16.9 Å². The van der Waals surface area contributed by atoms with E-state index in [2.05, 4.69) is 33.3 Å². The molecule has 174 valence electrons. The first-order valence-electron chi connectivity index (χ1n) is 11.1. The van der Waals surface area contributed by atoms with Crippen LogP contribution in [0.15, 0.2) is 60.0 Å². The first kappa shape index (κ1) is 22.3. The summed E-state index contributed by atoms with van der Waals surface area (Å²) < 4.78 is 10.6. The second-order valence-electron chi connectivity index (χ2n) is 7.88. The van der Waals surface area contributed by atoms with Gasteiger partial charge in [-0.2, -0.15) is 0 Å². The molecule has 0 atom stereocenters. The molecule has 8 nitrogen and oxygen atoms in total. The normalized spacial score (nSPS) is 14.1. The molecule has 5 rings (SSSR count). The maximum atomic E-state index is 12.8. The molecular formula is C25H25N5O3S. The minimum absolute atomic E-state index is 0.263. The van der Waals surface area contributed by atoms with E-state index in [0.29, 0.717) is 42.7 Å². The van der Waals surface area contributed by atoms with Crippen LogP contribution in [0.1, 0.15) is 16.2 Å². The van der Waals surface area contributed by atoms with Crippen LogP contribution < -0.4 is 15.6 Å². The molecule has 1 aliphatic rings. The number of nitrogens with zero attached hydrogens (tertiary/aromatic N) is 3. The number of nitrogens with one attached hydrogen (secondary N) is 2. The highest BCUT2D eigenvalue weighted by molar-refractivity contribution is 7.17.